The van der Waals surface area contributed by atoms with Gasteiger partial charge in [-0.25, -0.2) is 4.98 Å². The molecule has 1 N–H and O–H groups in total. The van der Waals surface area contributed by atoms with Crippen LogP contribution >= 0.6 is 0 Å². The average Bonchev–Trinajstić information content (AvgIpc) is 3.63. The molecule has 0 aliphatic heterocycles. The van der Waals surface area contributed by atoms with Gasteiger partial charge in [0.05, 0.1) is 24.6 Å². The summed E-state index contributed by atoms with van der Waals surface area (Å²) in [6.45, 7) is 18.3. The van der Waals surface area contributed by atoms with E-state index in [1.54, 1.807) is 0 Å². The van der Waals surface area contributed by atoms with Gasteiger partial charge >= 0.3 is 0 Å². The molecule has 0 saturated heterocycles. The minimum absolute atomic E-state index is 0.0801. The van der Waals surface area contributed by atoms with E-state index in [4.69, 9.17) is 14.5 Å². The van der Waals surface area contributed by atoms with Gasteiger partial charge in [0.15, 0.2) is 11.5 Å². The molecule has 4 aromatic rings. The molecular weight excluding hydrogens is 753 g/mol. The second-order valence-electron chi connectivity index (χ2n) is 17.0. The summed E-state index contributed by atoms with van der Waals surface area (Å²) in [7, 11) is 2.10. The highest BCUT2D eigenvalue weighted by Gasteiger charge is 2.23. The third kappa shape index (κ3) is 15.6. The number of anilines is 2. The Hall–Kier alpha value is -4.13. The summed E-state index contributed by atoms with van der Waals surface area (Å²) >= 11 is 0. The summed E-state index contributed by atoms with van der Waals surface area (Å²) in [4.78, 5) is 10.1. The monoisotopic (exact) mass is 837 g/mol. The van der Waals surface area contributed by atoms with E-state index in [-0.39, 0.29) is 5.75 Å². The molecule has 4 rings (SSSR count). The van der Waals surface area contributed by atoms with Crippen molar-refractivity contribution in [3.63, 3.8) is 0 Å². The minimum Gasteiger partial charge on any atom is -0.502 e. The molecule has 0 atom stereocenters. The van der Waals surface area contributed by atoms with Crippen molar-refractivity contribution < 1.29 is 14.6 Å². The van der Waals surface area contributed by atoms with Crippen LogP contribution in [0.4, 0.5) is 11.4 Å². The zero-order valence-electron chi connectivity index (χ0n) is 39.7. The average molecular weight is 837 g/mol. The first-order valence-electron chi connectivity index (χ1n) is 24.8. The Bertz CT molecular complexity index is 1710. The molecule has 3 aromatic carbocycles. The van der Waals surface area contributed by atoms with E-state index in [1.165, 1.54) is 114 Å². The quantitative estimate of drug-likeness (QED) is 0.0482. The van der Waals surface area contributed by atoms with E-state index in [0.717, 1.165) is 85.8 Å². The van der Waals surface area contributed by atoms with Crippen molar-refractivity contribution in [1.29, 1.82) is 0 Å². The van der Waals surface area contributed by atoms with Crippen molar-refractivity contribution in [2.24, 2.45) is 7.05 Å². The first kappa shape index (κ1) is 49.5. The second kappa shape index (κ2) is 28.5. The maximum Gasteiger partial charge on any atom is 0.200 e. The number of benzene rings is 3. The number of imidazole rings is 1. The van der Waals surface area contributed by atoms with Crippen LogP contribution in [0.15, 0.2) is 60.7 Å². The standard InChI is InChI=1S/C54H84N4O3/c1-8-14-16-18-20-22-24-26-28-30-40-60-49-42-46(43-50(53(49)59)61-41-31-29-27-25-23-21-19-17-15-9-2)54-55-51(44-32-36-47(37-33-44)57(10-3)11-4)52(56(54)7)45-34-38-48(39-35-45)58(12-5)13-6/h32-39,42-43,59H,8-31,40-41H2,1-7H3. The highest BCUT2D eigenvalue weighted by molar-refractivity contribution is 5.84. The lowest BCUT2D eigenvalue weighted by Gasteiger charge is -2.21. The molecule has 7 heteroatoms. The highest BCUT2D eigenvalue weighted by Crippen LogP contribution is 2.43. The number of hydrogen-bond donors (Lipinski definition) is 1. The molecule has 0 amide bonds. The summed E-state index contributed by atoms with van der Waals surface area (Å²) in [5.74, 6) is 1.81. The van der Waals surface area contributed by atoms with Crippen LogP contribution in [0.25, 0.3) is 33.9 Å². The smallest absolute Gasteiger partial charge is 0.200 e. The number of aromatic nitrogens is 2. The van der Waals surface area contributed by atoms with E-state index in [2.05, 4.69) is 111 Å². The number of hydrogen-bond acceptors (Lipinski definition) is 6. The van der Waals surface area contributed by atoms with Gasteiger partial charge in [-0.1, -0.05) is 154 Å². The summed E-state index contributed by atoms with van der Waals surface area (Å²) < 4.78 is 15.0. The molecule has 338 valence electrons. The SMILES string of the molecule is CCCCCCCCCCCCOc1cc(-c2nc(-c3ccc(N(CC)CC)cc3)c(-c3ccc(N(CC)CC)cc3)n2C)cc(OCCCCCCCCCCCC)c1O. The van der Waals surface area contributed by atoms with Gasteiger partial charge in [0.25, 0.3) is 0 Å². The van der Waals surface area contributed by atoms with Crippen LogP contribution in [-0.2, 0) is 7.05 Å². The van der Waals surface area contributed by atoms with Gasteiger partial charge in [-0.3, -0.25) is 0 Å². The lowest BCUT2D eigenvalue weighted by Crippen LogP contribution is -2.21. The van der Waals surface area contributed by atoms with Gasteiger partial charge in [-0.15, -0.1) is 0 Å². The number of phenols is 1. The van der Waals surface area contributed by atoms with Gasteiger partial charge in [-0.05, 0) is 76.9 Å². The fourth-order valence-corrected chi connectivity index (χ4v) is 8.60. The molecule has 1 aromatic heterocycles. The van der Waals surface area contributed by atoms with Crippen molar-refractivity contribution >= 4 is 11.4 Å². The molecule has 7 nitrogen and oxygen atoms in total. The Kier molecular flexibility index (Phi) is 23.1. The summed E-state index contributed by atoms with van der Waals surface area (Å²) in [6, 6.07) is 21.6. The maximum atomic E-state index is 11.6. The van der Waals surface area contributed by atoms with Crippen LogP contribution in [0.5, 0.6) is 17.2 Å². The van der Waals surface area contributed by atoms with Crippen molar-refractivity contribution in [1.82, 2.24) is 9.55 Å². The molecule has 0 unspecified atom stereocenters. The van der Waals surface area contributed by atoms with Crippen molar-refractivity contribution in [2.45, 2.75) is 170 Å². The zero-order valence-corrected chi connectivity index (χ0v) is 39.7. The van der Waals surface area contributed by atoms with Crippen molar-refractivity contribution in [3.05, 3.63) is 60.7 Å². The largest absolute Gasteiger partial charge is 0.502 e. The number of rotatable bonds is 33. The van der Waals surface area contributed by atoms with Crippen LogP contribution in [0.3, 0.4) is 0 Å². The number of phenolic OH excluding ortho intramolecular Hbond substituents is 1. The van der Waals surface area contributed by atoms with Gasteiger partial charge in [0, 0.05) is 61.3 Å². The molecule has 0 bridgehead atoms. The Morgan fingerprint density at radius 3 is 1.21 bits per heavy atom. The third-order valence-electron chi connectivity index (χ3n) is 12.4. The minimum atomic E-state index is 0.0801. The Morgan fingerprint density at radius 1 is 0.475 bits per heavy atom. The second-order valence-corrected chi connectivity index (χ2v) is 17.0. The highest BCUT2D eigenvalue weighted by atomic mass is 16.5. The summed E-state index contributed by atoms with van der Waals surface area (Å²) in [6.07, 6.45) is 25.3. The van der Waals surface area contributed by atoms with Crippen LogP contribution in [-0.4, -0.2) is 54.1 Å². The molecule has 0 saturated carbocycles. The zero-order chi connectivity index (χ0) is 43.7. The summed E-state index contributed by atoms with van der Waals surface area (Å²) in [5.41, 5.74) is 7.43. The normalized spacial score (nSPS) is 11.3. The molecule has 0 radical (unpaired) electrons. The van der Waals surface area contributed by atoms with E-state index in [1.807, 2.05) is 12.1 Å². The van der Waals surface area contributed by atoms with Crippen LogP contribution in [0, 0.1) is 0 Å². The van der Waals surface area contributed by atoms with E-state index in [9.17, 15) is 5.11 Å². The fraction of sp³-hybridized carbons (Fsp3) is 0.611. The van der Waals surface area contributed by atoms with Gasteiger partial charge in [0.1, 0.15) is 5.82 Å². The van der Waals surface area contributed by atoms with Crippen LogP contribution in [0.1, 0.15) is 170 Å². The van der Waals surface area contributed by atoms with Crippen molar-refractivity contribution in [3.8, 4) is 51.2 Å². The Labute approximate surface area is 372 Å². The fourth-order valence-electron chi connectivity index (χ4n) is 8.60. The first-order valence-corrected chi connectivity index (χ1v) is 24.8. The maximum absolute atomic E-state index is 11.6. The molecule has 61 heavy (non-hydrogen) atoms. The van der Waals surface area contributed by atoms with E-state index in [0.29, 0.717) is 24.7 Å². The van der Waals surface area contributed by atoms with Crippen LogP contribution in [0.2, 0.25) is 0 Å². The van der Waals surface area contributed by atoms with Crippen LogP contribution < -0.4 is 19.3 Å². The van der Waals surface area contributed by atoms with E-state index >= 15 is 0 Å². The number of nitrogens with zero attached hydrogens (tertiary/aromatic N) is 4. The molecule has 1 heterocycles. The van der Waals surface area contributed by atoms with Gasteiger partial charge in [-0.2, -0.15) is 0 Å². The molecule has 0 spiro atoms. The summed E-state index contributed by atoms with van der Waals surface area (Å²) in [5, 5.41) is 11.6. The molecule has 0 aliphatic rings. The Balaban J connectivity index is 1.60. The molecule has 0 aliphatic carbocycles. The lowest BCUT2D eigenvalue weighted by molar-refractivity contribution is 0.264. The predicted octanol–water partition coefficient (Wildman–Crippen LogP) is 15.4. The number of aromatic hydroxyl groups is 1. The van der Waals surface area contributed by atoms with Gasteiger partial charge in [0.2, 0.25) is 5.75 Å². The predicted molar refractivity (Wildman–Crippen MR) is 263 cm³/mol. The molecule has 0 fully saturated rings. The topological polar surface area (TPSA) is 63.0 Å². The first-order chi connectivity index (χ1) is 29.9. The molecular formula is C54H84N4O3. The number of ether oxygens (including phenoxy) is 2. The van der Waals surface area contributed by atoms with Gasteiger partial charge < -0.3 is 28.9 Å². The third-order valence-corrected chi connectivity index (χ3v) is 12.4. The number of unbranched alkanes of at least 4 members (excludes halogenated alkanes) is 18. The van der Waals surface area contributed by atoms with E-state index < -0.39 is 0 Å². The lowest BCUT2D eigenvalue weighted by atomic mass is 10.0. The van der Waals surface area contributed by atoms with Crippen molar-refractivity contribution in [2.75, 3.05) is 49.2 Å². The Morgan fingerprint density at radius 2 is 0.836 bits per heavy atom.